The SMILES string of the molecule is CC1(CNC(CN)c2cc(Br)ccc2Cl)CCCO1. The van der Waals surface area contributed by atoms with Crippen molar-refractivity contribution >= 4 is 27.5 Å². The van der Waals surface area contributed by atoms with Crippen molar-refractivity contribution in [3.63, 3.8) is 0 Å². The molecule has 0 aliphatic carbocycles. The van der Waals surface area contributed by atoms with Gasteiger partial charge in [0.05, 0.1) is 5.60 Å². The first-order valence-electron chi connectivity index (χ1n) is 6.56. The van der Waals surface area contributed by atoms with Crippen molar-refractivity contribution in [2.75, 3.05) is 19.7 Å². The summed E-state index contributed by atoms with van der Waals surface area (Å²) >= 11 is 9.72. The largest absolute Gasteiger partial charge is 0.374 e. The van der Waals surface area contributed by atoms with Crippen LogP contribution in [0.5, 0.6) is 0 Å². The number of nitrogens with one attached hydrogen (secondary N) is 1. The minimum atomic E-state index is -0.0775. The number of benzene rings is 1. The lowest BCUT2D eigenvalue weighted by molar-refractivity contribution is 0.0189. The molecule has 19 heavy (non-hydrogen) atoms. The van der Waals surface area contributed by atoms with E-state index in [1.165, 1.54) is 0 Å². The van der Waals surface area contributed by atoms with Gasteiger partial charge in [-0.15, -0.1) is 0 Å². The Bertz CT molecular complexity index is 435. The Morgan fingerprint density at radius 3 is 3.00 bits per heavy atom. The Balaban J connectivity index is 2.05. The molecular weight excluding hydrogens is 328 g/mol. The van der Waals surface area contributed by atoms with Crippen LogP contribution in [-0.2, 0) is 4.74 Å². The molecule has 0 radical (unpaired) electrons. The normalized spacial score (nSPS) is 24.6. The summed E-state index contributed by atoms with van der Waals surface area (Å²) in [6, 6.07) is 5.89. The van der Waals surface area contributed by atoms with Crippen molar-refractivity contribution < 1.29 is 4.74 Å². The topological polar surface area (TPSA) is 47.3 Å². The fourth-order valence-electron chi connectivity index (χ4n) is 2.42. The van der Waals surface area contributed by atoms with Crippen molar-refractivity contribution in [1.82, 2.24) is 5.32 Å². The molecule has 1 aliphatic heterocycles. The lowest BCUT2D eigenvalue weighted by atomic mass is 10.0. The Morgan fingerprint density at radius 2 is 2.37 bits per heavy atom. The highest BCUT2D eigenvalue weighted by Gasteiger charge is 2.30. The first-order chi connectivity index (χ1) is 9.04. The van der Waals surface area contributed by atoms with Gasteiger partial charge in [0.2, 0.25) is 0 Å². The van der Waals surface area contributed by atoms with Gasteiger partial charge in [-0.25, -0.2) is 0 Å². The van der Waals surface area contributed by atoms with Gasteiger partial charge in [-0.3, -0.25) is 0 Å². The summed E-state index contributed by atoms with van der Waals surface area (Å²) < 4.78 is 6.79. The summed E-state index contributed by atoms with van der Waals surface area (Å²) in [5.41, 5.74) is 6.82. The van der Waals surface area contributed by atoms with Crippen molar-refractivity contribution in [1.29, 1.82) is 0 Å². The molecule has 1 saturated heterocycles. The van der Waals surface area contributed by atoms with Crippen LogP contribution in [-0.4, -0.2) is 25.3 Å². The number of hydrogen-bond acceptors (Lipinski definition) is 3. The third kappa shape index (κ3) is 3.92. The van der Waals surface area contributed by atoms with Gasteiger partial charge in [0.25, 0.3) is 0 Å². The molecule has 2 atom stereocenters. The second kappa shape index (κ2) is 6.55. The van der Waals surface area contributed by atoms with Crippen LogP contribution in [0.15, 0.2) is 22.7 Å². The number of halogens is 2. The number of ether oxygens (including phenoxy) is 1. The molecule has 1 heterocycles. The molecule has 3 nitrogen and oxygen atoms in total. The molecule has 0 amide bonds. The zero-order valence-corrected chi connectivity index (χ0v) is 13.4. The predicted molar refractivity (Wildman–Crippen MR) is 82.5 cm³/mol. The minimum Gasteiger partial charge on any atom is -0.374 e. The number of hydrogen-bond donors (Lipinski definition) is 2. The Kier molecular flexibility index (Phi) is 5.26. The summed E-state index contributed by atoms with van der Waals surface area (Å²) in [5, 5.41) is 4.22. The van der Waals surface area contributed by atoms with E-state index in [1.54, 1.807) is 0 Å². The fraction of sp³-hybridized carbons (Fsp3) is 0.571. The van der Waals surface area contributed by atoms with E-state index in [9.17, 15) is 0 Å². The van der Waals surface area contributed by atoms with Crippen molar-refractivity contribution in [2.24, 2.45) is 5.73 Å². The van der Waals surface area contributed by atoms with Crippen LogP contribution in [0.25, 0.3) is 0 Å². The lowest BCUT2D eigenvalue weighted by Gasteiger charge is -2.27. The maximum absolute atomic E-state index is 6.25. The Labute approximate surface area is 128 Å². The zero-order valence-electron chi connectivity index (χ0n) is 11.1. The first kappa shape index (κ1) is 15.3. The number of rotatable bonds is 5. The Morgan fingerprint density at radius 1 is 1.58 bits per heavy atom. The average Bonchev–Trinajstić information content (AvgIpc) is 2.81. The van der Waals surface area contributed by atoms with E-state index in [0.717, 1.165) is 41.1 Å². The third-order valence-corrected chi connectivity index (χ3v) is 4.43. The maximum atomic E-state index is 6.25. The van der Waals surface area contributed by atoms with Crippen LogP contribution in [0, 0.1) is 0 Å². The monoisotopic (exact) mass is 346 g/mol. The molecule has 1 aromatic rings. The Hall–Kier alpha value is -0.130. The van der Waals surface area contributed by atoms with Gasteiger partial charge in [0, 0.05) is 35.2 Å². The zero-order chi connectivity index (χ0) is 13.9. The van der Waals surface area contributed by atoms with Crippen molar-refractivity contribution in [3.05, 3.63) is 33.3 Å². The van der Waals surface area contributed by atoms with Gasteiger partial charge in [-0.05, 0) is 43.5 Å². The van der Waals surface area contributed by atoms with Gasteiger partial charge < -0.3 is 15.8 Å². The highest BCUT2D eigenvalue weighted by molar-refractivity contribution is 9.10. The summed E-state index contributed by atoms with van der Waals surface area (Å²) in [7, 11) is 0. The summed E-state index contributed by atoms with van der Waals surface area (Å²) in [4.78, 5) is 0. The van der Waals surface area contributed by atoms with Gasteiger partial charge in [-0.2, -0.15) is 0 Å². The lowest BCUT2D eigenvalue weighted by Crippen LogP contribution is -2.41. The molecule has 1 aliphatic rings. The molecule has 3 N–H and O–H groups in total. The smallest absolute Gasteiger partial charge is 0.0779 e. The molecule has 1 aromatic carbocycles. The van der Waals surface area contributed by atoms with Crippen molar-refractivity contribution in [3.8, 4) is 0 Å². The molecule has 0 spiro atoms. The highest BCUT2D eigenvalue weighted by Crippen LogP contribution is 2.28. The van der Waals surface area contributed by atoms with E-state index in [1.807, 2.05) is 18.2 Å². The predicted octanol–water partition coefficient (Wildman–Crippen LogP) is 3.26. The van der Waals surface area contributed by atoms with E-state index in [4.69, 9.17) is 22.1 Å². The number of nitrogens with two attached hydrogens (primary N) is 1. The second-order valence-electron chi connectivity index (χ2n) is 5.24. The van der Waals surface area contributed by atoms with Crippen LogP contribution in [0.1, 0.15) is 31.4 Å². The molecule has 1 fully saturated rings. The van der Waals surface area contributed by atoms with Crippen LogP contribution < -0.4 is 11.1 Å². The van der Waals surface area contributed by atoms with E-state index in [0.29, 0.717) is 6.54 Å². The molecule has 0 bridgehead atoms. The highest BCUT2D eigenvalue weighted by atomic mass is 79.9. The van der Waals surface area contributed by atoms with E-state index >= 15 is 0 Å². The minimum absolute atomic E-state index is 0.0472. The average molecular weight is 348 g/mol. The molecule has 2 rings (SSSR count). The quantitative estimate of drug-likeness (QED) is 0.859. The van der Waals surface area contributed by atoms with Crippen LogP contribution in [0.3, 0.4) is 0 Å². The summed E-state index contributed by atoms with van der Waals surface area (Å²) in [6.07, 6.45) is 2.21. The van der Waals surface area contributed by atoms with Crippen LogP contribution in [0.2, 0.25) is 5.02 Å². The fourth-order valence-corrected chi connectivity index (χ4v) is 3.05. The molecular formula is C14H20BrClN2O. The summed E-state index contributed by atoms with van der Waals surface area (Å²) in [5.74, 6) is 0. The van der Waals surface area contributed by atoms with Gasteiger partial charge in [-0.1, -0.05) is 27.5 Å². The van der Waals surface area contributed by atoms with E-state index < -0.39 is 0 Å². The molecule has 106 valence electrons. The van der Waals surface area contributed by atoms with E-state index in [-0.39, 0.29) is 11.6 Å². The molecule has 0 aromatic heterocycles. The van der Waals surface area contributed by atoms with E-state index in [2.05, 4.69) is 28.2 Å². The molecule has 5 heteroatoms. The standard InChI is InChI=1S/C14H20BrClN2O/c1-14(5-2-6-19-14)9-18-13(8-17)11-7-10(15)3-4-12(11)16/h3-4,7,13,18H,2,5-6,8-9,17H2,1H3. The third-order valence-electron chi connectivity index (χ3n) is 3.59. The molecule has 2 unspecified atom stereocenters. The van der Waals surface area contributed by atoms with Gasteiger partial charge in [0.15, 0.2) is 0 Å². The van der Waals surface area contributed by atoms with Crippen LogP contribution >= 0.6 is 27.5 Å². The van der Waals surface area contributed by atoms with Crippen LogP contribution in [0.4, 0.5) is 0 Å². The van der Waals surface area contributed by atoms with Crippen molar-refractivity contribution in [2.45, 2.75) is 31.4 Å². The molecule has 0 saturated carbocycles. The van der Waals surface area contributed by atoms with Gasteiger partial charge in [0.1, 0.15) is 0 Å². The maximum Gasteiger partial charge on any atom is 0.0779 e. The first-order valence-corrected chi connectivity index (χ1v) is 7.73. The van der Waals surface area contributed by atoms with Gasteiger partial charge >= 0.3 is 0 Å². The second-order valence-corrected chi connectivity index (χ2v) is 6.56. The summed E-state index contributed by atoms with van der Waals surface area (Å²) in [6.45, 7) is 4.29.